The van der Waals surface area contributed by atoms with Gasteiger partial charge in [-0.1, -0.05) is 27.2 Å². The van der Waals surface area contributed by atoms with E-state index in [9.17, 15) is 0 Å². The van der Waals surface area contributed by atoms with E-state index in [0.29, 0.717) is 11.5 Å². The lowest BCUT2D eigenvalue weighted by Gasteiger charge is -2.42. The van der Waals surface area contributed by atoms with Gasteiger partial charge in [0.2, 0.25) is 0 Å². The zero-order valence-electron chi connectivity index (χ0n) is 11.3. The highest BCUT2D eigenvalue weighted by atomic mass is 15.3. The summed E-state index contributed by atoms with van der Waals surface area (Å²) in [6.45, 7) is 7.06. The van der Waals surface area contributed by atoms with Crippen LogP contribution in [-0.2, 0) is 0 Å². The second-order valence-electron chi connectivity index (χ2n) is 6.07. The van der Waals surface area contributed by atoms with Gasteiger partial charge < -0.3 is 5.73 Å². The summed E-state index contributed by atoms with van der Waals surface area (Å²) in [6.07, 6.45) is 8.69. The molecule has 0 aromatic carbocycles. The lowest BCUT2D eigenvalue weighted by Crippen LogP contribution is -2.41. The van der Waals surface area contributed by atoms with Crippen LogP contribution in [0.3, 0.4) is 0 Å². The van der Waals surface area contributed by atoms with Crippen molar-refractivity contribution in [1.82, 2.24) is 9.78 Å². The zero-order valence-corrected chi connectivity index (χ0v) is 11.3. The predicted molar refractivity (Wildman–Crippen MR) is 70.7 cm³/mol. The first-order chi connectivity index (χ1) is 8.04. The number of aromatic nitrogens is 2. The number of nitrogens with two attached hydrogens (primary N) is 1. The summed E-state index contributed by atoms with van der Waals surface area (Å²) in [5.74, 6) is 0.765. The molecule has 0 spiro atoms. The molecule has 0 amide bonds. The number of hydrogen-bond donors (Lipinski definition) is 1. The molecule has 2 N–H and O–H groups in total. The van der Waals surface area contributed by atoms with Gasteiger partial charge in [-0.05, 0) is 36.7 Å². The third-order valence-electron chi connectivity index (χ3n) is 4.75. The Hall–Kier alpha value is -0.830. The summed E-state index contributed by atoms with van der Waals surface area (Å²) in [5, 5.41) is 4.37. The molecule has 96 valence electrons. The average Bonchev–Trinajstić information content (AvgIpc) is 2.83. The molecule has 1 heterocycles. The maximum absolute atomic E-state index is 6.26. The van der Waals surface area contributed by atoms with E-state index in [4.69, 9.17) is 5.73 Å². The highest BCUT2D eigenvalue weighted by Crippen LogP contribution is 2.43. The average molecular weight is 235 g/mol. The van der Waals surface area contributed by atoms with Crippen molar-refractivity contribution >= 4 is 0 Å². The molecule has 3 nitrogen and oxygen atoms in total. The standard InChI is InChI=1S/C14H25N3/c1-4-14(2,3)11-6-7-12(15)13(10-11)17-9-5-8-16-17/h5,8-9,11-13H,4,6-7,10,15H2,1-3H3. The summed E-state index contributed by atoms with van der Waals surface area (Å²) in [7, 11) is 0. The summed E-state index contributed by atoms with van der Waals surface area (Å²) >= 11 is 0. The fraction of sp³-hybridized carbons (Fsp3) is 0.786. The Bertz CT molecular complexity index is 342. The van der Waals surface area contributed by atoms with Gasteiger partial charge >= 0.3 is 0 Å². The molecule has 17 heavy (non-hydrogen) atoms. The zero-order chi connectivity index (χ0) is 12.5. The maximum Gasteiger partial charge on any atom is 0.0672 e. The number of rotatable bonds is 3. The lowest BCUT2D eigenvalue weighted by atomic mass is 9.67. The van der Waals surface area contributed by atoms with Crippen LogP contribution in [0.1, 0.15) is 52.5 Å². The van der Waals surface area contributed by atoms with E-state index in [1.807, 2.05) is 18.5 Å². The molecule has 0 aliphatic heterocycles. The second kappa shape index (κ2) is 4.81. The van der Waals surface area contributed by atoms with Crippen LogP contribution in [0, 0.1) is 11.3 Å². The normalized spacial score (nSPS) is 30.5. The third kappa shape index (κ3) is 2.54. The van der Waals surface area contributed by atoms with Crippen molar-refractivity contribution < 1.29 is 0 Å². The molecule has 1 aliphatic rings. The third-order valence-corrected chi connectivity index (χ3v) is 4.75. The Morgan fingerprint density at radius 1 is 1.41 bits per heavy atom. The largest absolute Gasteiger partial charge is 0.326 e. The molecular weight excluding hydrogens is 210 g/mol. The molecule has 0 bridgehead atoms. The van der Waals surface area contributed by atoms with E-state index in [2.05, 4.69) is 30.6 Å². The van der Waals surface area contributed by atoms with Gasteiger partial charge in [-0.2, -0.15) is 5.10 Å². The first-order valence-corrected chi connectivity index (χ1v) is 6.79. The smallest absolute Gasteiger partial charge is 0.0672 e. The van der Waals surface area contributed by atoms with Crippen LogP contribution >= 0.6 is 0 Å². The van der Waals surface area contributed by atoms with Crippen molar-refractivity contribution in [2.24, 2.45) is 17.1 Å². The van der Waals surface area contributed by atoms with Gasteiger partial charge in [-0.3, -0.25) is 4.68 Å². The lowest BCUT2D eigenvalue weighted by molar-refractivity contribution is 0.107. The SMILES string of the molecule is CCC(C)(C)C1CCC(N)C(n2cccn2)C1. The van der Waals surface area contributed by atoms with Crippen molar-refractivity contribution in [1.29, 1.82) is 0 Å². The number of nitrogens with zero attached hydrogens (tertiary/aromatic N) is 2. The van der Waals surface area contributed by atoms with Crippen LogP contribution in [0.5, 0.6) is 0 Å². The van der Waals surface area contributed by atoms with Crippen LogP contribution in [0.15, 0.2) is 18.5 Å². The van der Waals surface area contributed by atoms with E-state index in [1.165, 1.54) is 19.3 Å². The Kier molecular flexibility index (Phi) is 3.57. The molecule has 3 atom stereocenters. The van der Waals surface area contributed by atoms with Crippen molar-refractivity contribution in [2.75, 3.05) is 0 Å². The van der Waals surface area contributed by atoms with Crippen LogP contribution in [0.25, 0.3) is 0 Å². The molecule has 1 saturated carbocycles. The Morgan fingerprint density at radius 3 is 2.76 bits per heavy atom. The van der Waals surface area contributed by atoms with E-state index in [0.717, 1.165) is 12.3 Å². The van der Waals surface area contributed by atoms with Gasteiger partial charge in [0, 0.05) is 18.4 Å². The molecule has 0 saturated heterocycles. The quantitative estimate of drug-likeness (QED) is 0.875. The van der Waals surface area contributed by atoms with Crippen molar-refractivity contribution in [2.45, 2.75) is 58.5 Å². The van der Waals surface area contributed by atoms with Gasteiger partial charge in [0.05, 0.1) is 6.04 Å². The summed E-state index contributed by atoms with van der Waals surface area (Å²) in [5.41, 5.74) is 6.68. The molecule has 1 aliphatic carbocycles. The summed E-state index contributed by atoms with van der Waals surface area (Å²) < 4.78 is 2.06. The minimum atomic E-state index is 0.263. The molecule has 1 aromatic heterocycles. The van der Waals surface area contributed by atoms with Crippen LogP contribution < -0.4 is 5.73 Å². The first-order valence-electron chi connectivity index (χ1n) is 6.79. The Labute approximate surface area is 104 Å². The monoisotopic (exact) mass is 235 g/mol. The van der Waals surface area contributed by atoms with Gasteiger partial charge in [0.1, 0.15) is 0 Å². The first kappa shape index (κ1) is 12.6. The molecule has 1 fully saturated rings. The van der Waals surface area contributed by atoms with Gasteiger partial charge in [0.25, 0.3) is 0 Å². The minimum absolute atomic E-state index is 0.263. The highest BCUT2D eigenvalue weighted by Gasteiger charge is 2.36. The molecule has 0 radical (unpaired) electrons. The molecule has 2 rings (SSSR count). The number of hydrogen-bond acceptors (Lipinski definition) is 2. The second-order valence-corrected chi connectivity index (χ2v) is 6.07. The van der Waals surface area contributed by atoms with E-state index in [-0.39, 0.29) is 6.04 Å². The van der Waals surface area contributed by atoms with E-state index in [1.54, 1.807) is 0 Å². The van der Waals surface area contributed by atoms with E-state index >= 15 is 0 Å². The van der Waals surface area contributed by atoms with Crippen molar-refractivity contribution in [3.63, 3.8) is 0 Å². The fourth-order valence-corrected chi connectivity index (χ4v) is 2.95. The van der Waals surface area contributed by atoms with Crippen LogP contribution in [0.2, 0.25) is 0 Å². The minimum Gasteiger partial charge on any atom is -0.326 e. The van der Waals surface area contributed by atoms with Gasteiger partial charge in [-0.15, -0.1) is 0 Å². The maximum atomic E-state index is 6.26. The molecule has 3 unspecified atom stereocenters. The highest BCUT2D eigenvalue weighted by molar-refractivity contribution is 4.93. The Balaban J connectivity index is 2.12. The van der Waals surface area contributed by atoms with Gasteiger partial charge in [-0.25, -0.2) is 0 Å². The van der Waals surface area contributed by atoms with Crippen LogP contribution in [0.4, 0.5) is 0 Å². The molecule has 1 aromatic rings. The predicted octanol–water partition coefficient (Wildman–Crippen LogP) is 2.99. The van der Waals surface area contributed by atoms with E-state index < -0.39 is 0 Å². The van der Waals surface area contributed by atoms with Gasteiger partial charge in [0.15, 0.2) is 0 Å². The topological polar surface area (TPSA) is 43.8 Å². The summed E-state index contributed by atoms with van der Waals surface area (Å²) in [4.78, 5) is 0. The Morgan fingerprint density at radius 2 is 2.18 bits per heavy atom. The van der Waals surface area contributed by atoms with Crippen LogP contribution in [-0.4, -0.2) is 15.8 Å². The van der Waals surface area contributed by atoms with Crippen molar-refractivity contribution in [3.8, 4) is 0 Å². The molecule has 3 heteroatoms. The fourth-order valence-electron chi connectivity index (χ4n) is 2.95. The van der Waals surface area contributed by atoms with Crippen molar-refractivity contribution in [3.05, 3.63) is 18.5 Å². The molecular formula is C14H25N3. The summed E-state index contributed by atoms with van der Waals surface area (Å²) in [6, 6.07) is 2.63.